The Hall–Kier alpha value is -1.84. The highest BCUT2D eigenvalue weighted by Gasteiger charge is 2.35. The summed E-state index contributed by atoms with van der Waals surface area (Å²) in [7, 11) is 0. The zero-order valence-electron chi connectivity index (χ0n) is 14.8. The van der Waals surface area contributed by atoms with Gasteiger partial charge in [-0.05, 0) is 31.2 Å². The number of hydrogen-bond acceptors (Lipinski definition) is 2. The third-order valence-corrected chi connectivity index (χ3v) is 5.52. The molecule has 2 fully saturated rings. The number of rotatable bonds is 4. The lowest BCUT2D eigenvalue weighted by Gasteiger charge is -2.30. The van der Waals surface area contributed by atoms with Crippen LogP contribution in [0.15, 0.2) is 24.3 Å². The zero-order chi connectivity index (χ0) is 17.1. The second-order valence-electron chi connectivity index (χ2n) is 7.54. The van der Waals surface area contributed by atoms with Crippen molar-refractivity contribution in [3.05, 3.63) is 35.4 Å². The molecule has 4 nitrogen and oxygen atoms in total. The number of aryl methyl sites for hydroxylation is 1. The van der Waals surface area contributed by atoms with Crippen LogP contribution in [0.3, 0.4) is 0 Å². The second kappa shape index (κ2) is 7.37. The van der Waals surface area contributed by atoms with E-state index < -0.39 is 0 Å². The Balaban J connectivity index is 1.55. The van der Waals surface area contributed by atoms with Gasteiger partial charge in [0.1, 0.15) is 0 Å². The molecule has 1 aliphatic carbocycles. The molecule has 0 aromatic heterocycles. The van der Waals surface area contributed by atoms with Crippen LogP contribution in [0.25, 0.3) is 0 Å². The van der Waals surface area contributed by atoms with Gasteiger partial charge in [0.2, 0.25) is 11.8 Å². The highest BCUT2D eigenvalue weighted by Crippen LogP contribution is 2.26. The molecule has 2 aliphatic rings. The van der Waals surface area contributed by atoms with E-state index >= 15 is 0 Å². The van der Waals surface area contributed by atoms with Gasteiger partial charge < -0.3 is 10.2 Å². The average molecular weight is 328 g/mol. The summed E-state index contributed by atoms with van der Waals surface area (Å²) in [5, 5.41) is 3.21. The predicted octanol–water partition coefficient (Wildman–Crippen LogP) is 3.04. The van der Waals surface area contributed by atoms with Crippen LogP contribution in [0.1, 0.15) is 50.2 Å². The molecule has 0 radical (unpaired) electrons. The molecule has 1 heterocycles. The number of nitrogens with one attached hydrogen (secondary N) is 1. The molecule has 1 saturated heterocycles. The molecule has 1 N–H and O–H groups in total. The molecule has 1 aromatic rings. The van der Waals surface area contributed by atoms with Crippen LogP contribution in [-0.2, 0) is 16.1 Å². The molecule has 130 valence electrons. The molecule has 3 rings (SSSR count). The van der Waals surface area contributed by atoms with E-state index in [9.17, 15) is 9.59 Å². The van der Waals surface area contributed by atoms with Crippen molar-refractivity contribution in [2.75, 3.05) is 6.54 Å². The lowest BCUT2D eigenvalue weighted by molar-refractivity contribution is -0.129. The molecule has 24 heavy (non-hydrogen) atoms. The highest BCUT2D eigenvalue weighted by molar-refractivity contribution is 5.89. The third-order valence-electron chi connectivity index (χ3n) is 5.52. The van der Waals surface area contributed by atoms with E-state index in [4.69, 9.17) is 0 Å². The van der Waals surface area contributed by atoms with Crippen LogP contribution < -0.4 is 5.32 Å². The van der Waals surface area contributed by atoms with Crippen LogP contribution >= 0.6 is 0 Å². The number of carbonyl (C=O) groups excluding carboxylic acids is 2. The number of hydrogen-bond donors (Lipinski definition) is 1. The largest absolute Gasteiger partial charge is 0.353 e. The first-order chi connectivity index (χ1) is 11.5. The van der Waals surface area contributed by atoms with Crippen LogP contribution in [0.2, 0.25) is 0 Å². The van der Waals surface area contributed by atoms with E-state index in [0.717, 1.165) is 12.0 Å². The molecule has 1 aliphatic heterocycles. The second-order valence-corrected chi connectivity index (χ2v) is 7.54. The molecule has 1 aromatic carbocycles. The standard InChI is InChI=1S/C20H28N2O2/c1-14-7-9-16(10-8-14)12-22-13-17(11-19(22)23)20(24)21-18-6-4-3-5-15(18)2/h7-10,15,17-18H,3-6,11-13H2,1-2H3,(H,21,24). The summed E-state index contributed by atoms with van der Waals surface area (Å²) in [6.07, 6.45) is 5.06. The van der Waals surface area contributed by atoms with Gasteiger partial charge in [-0.1, -0.05) is 49.6 Å². The first-order valence-electron chi connectivity index (χ1n) is 9.16. The monoisotopic (exact) mass is 328 g/mol. The van der Waals surface area contributed by atoms with Gasteiger partial charge in [0, 0.05) is 25.6 Å². The van der Waals surface area contributed by atoms with Crippen molar-refractivity contribution in [2.45, 2.75) is 58.5 Å². The van der Waals surface area contributed by atoms with E-state index in [1.54, 1.807) is 0 Å². The fraction of sp³-hybridized carbons (Fsp3) is 0.600. The Morgan fingerprint density at radius 1 is 1.21 bits per heavy atom. The summed E-state index contributed by atoms with van der Waals surface area (Å²) in [5.74, 6) is 0.501. The van der Waals surface area contributed by atoms with Gasteiger partial charge in [-0.2, -0.15) is 0 Å². The average Bonchev–Trinajstić information content (AvgIpc) is 2.93. The summed E-state index contributed by atoms with van der Waals surface area (Å²) in [4.78, 5) is 26.6. The van der Waals surface area contributed by atoms with Gasteiger partial charge in [-0.25, -0.2) is 0 Å². The Morgan fingerprint density at radius 2 is 1.92 bits per heavy atom. The first-order valence-corrected chi connectivity index (χ1v) is 9.16. The van der Waals surface area contributed by atoms with E-state index in [1.807, 2.05) is 4.90 Å². The summed E-state index contributed by atoms with van der Waals surface area (Å²) in [6.45, 7) is 5.41. The quantitative estimate of drug-likeness (QED) is 0.923. The van der Waals surface area contributed by atoms with Crippen molar-refractivity contribution >= 4 is 11.8 Å². The smallest absolute Gasteiger partial charge is 0.225 e. The predicted molar refractivity (Wildman–Crippen MR) is 94.3 cm³/mol. The summed E-state index contributed by atoms with van der Waals surface area (Å²) in [6, 6.07) is 8.52. The zero-order valence-corrected chi connectivity index (χ0v) is 14.8. The van der Waals surface area contributed by atoms with Crippen molar-refractivity contribution in [3.63, 3.8) is 0 Å². The number of nitrogens with zero attached hydrogens (tertiary/aromatic N) is 1. The summed E-state index contributed by atoms with van der Waals surface area (Å²) in [5.41, 5.74) is 2.33. The lowest BCUT2D eigenvalue weighted by Crippen LogP contribution is -2.44. The number of amides is 2. The van der Waals surface area contributed by atoms with E-state index in [-0.39, 0.29) is 23.8 Å². The van der Waals surface area contributed by atoms with E-state index in [0.29, 0.717) is 25.4 Å². The minimum absolute atomic E-state index is 0.0634. The molecule has 2 amide bonds. The molecule has 0 spiro atoms. The maximum absolute atomic E-state index is 12.6. The van der Waals surface area contributed by atoms with Crippen LogP contribution in [0.4, 0.5) is 0 Å². The maximum Gasteiger partial charge on any atom is 0.225 e. The topological polar surface area (TPSA) is 49.4 Å². The first kappa shape index (κ1) is 17.0. The molecular formula is C20H28N2O2. The maximum atomic E-state index is 12.6. The lowest BCUT2D eigenvalue weighted by atomic mass is 9.85. The molecule has 3 unspecified atom stereocenters. The summed E-state index contributed by atoms with van der Waals surface area (Å²) < 4.78 is 0. The van der Waals surface area contributed by atoms with Crippen molar-refractivity contribution in [3.8, 4) is 0 Å². The normalized spacial score (nSPS) is 27.3. The number of likely N-dealkylation sites (tertiary alicyclic amines) is 1. The summed E-state index contributed by atoms with van der Waals surface area (Å²) >= 11 is 0. The van der Waals surface area contributed by atoms with E-state index in [2.05, 4.69) is 43.4 Å². The van der Waals surface area contributed by atoms with Gasteiger partial charge >= 0.3 is 0 Å². The van der Waals surface area contributed by atoms with E-state index in [1.165, 1.54) is 24.8 Å². The van der Waals surface area contributed by atoms with Crippen LogP contribution in [-0.4, -0.2) is 29.3 Å². The Kier molecular flexibility index (Phi) is 5.22. The SMILES string of the molecule is Cc1ccc(CN2CC(C(=O)NC3CCCCC3C)CC2=O)cc1. The molecule has 3 atom stereocenters. The highest BCUT2D eigenvalue weighted by atomic mass is 16.2. The molecule has 4 heteroatoms. The van der Waals surface area contributed by atoms with Crippen LogP contribution in [0, 0.1) is 18.8 Å². The van der Waals surface area contributed by atoms with Gasteiger partial charge in [-0.15, -0.1) is 0 Å². The Labute approximate surface area is 144 Å². The number of carbonyl (C=O) groups is 2. The number of benzene rings is 1. The van der Waals surface area contributed by atoms with Crippen molar-refractivity contribution in [2.24, 2.45) is 11.8 Å². The van der Waals surface area contributed by atoms with Gasteiger partial charge in [0.25, 0.3) is 0 Å². The Bertz CT molecular complexity index is 596. The van der Waals surface area contributed by atoms with Gasteiger partial charge in [0.15, 0.2) is 0 Å². The van der Waals surface area contributed by atoms with Crippen molar-refractivity contribution in [1.29, 1.82) is 0 Å². The molecule has 1 saturated carbocycles. The minimum Gasteiger partial charge on any atom is -0.353 e. The molecular weight excluding hydrogens is 300 g/mol. The third kappa shape index (κ3) is 3.97. The fourth-order valence-electron chi connectivity index (χ4n) is 3.85. The van der Waals surface area contributed by atoms with Gasteiger partial charge in [0.05, 0.1) is 5.92 Å². The fourth-order valence-corrected chi connectivity index (χ4v) is 3.85. The van der Waals surface area contributed by atoms with Crippen LogP contribution in [0.5, 0.6) is 0 Å². The van der Waals surface area contributed by atoms with Crippen molar-refractivity contribution < 1.29 is 9.59 Å². The molecule has 0 bridgehead atoms. The minimum atomic E-state index is -0.197. The Morgan fingerprint density at radius 3 is 2.62 bits per heavy atom. The van der Waals surface area contributed by atoms with Crippen molar-refractivity contribution in [1.82, 2.24) is 10.2 Å². The van der Waals surface area contributed by atoms with Gasteiger partial charge in [-0.3, -0.25) is 9.59 Å².